The molecule has 38 heavy (non-hydrogen) atoms. The Morgan fingerprint density at radius 3 is 1.39 bits per heavy atom. The van der Waals surface area contributed by atoms with Gasteiger partial charge < -0.3 is 9.13 Å². The first-order valence-electron chi connectivity index (χ1n) is 10.9. The zero-order valence-electron chi connectivity index (χ0n) is 19.7. The monoisotopic (exact) mass is 564 g/mol. The lowest BCUT2D eigenvalue weighted by Gasteiger charge is -2.02. The summed E-state index contributed by atoms with van der Waals surface area (Å²) in [5, 5.41) is 37.2. The van der Waals surface area contributed by atoms with Crippen LogP contribution >= 0.6 is 45.3 Å². The van der Waals surface area contributed by atoms with Gasteiger partial charge in [-0.2, -0.15) is 21.0 Å². The van der Waals surface area contributed by atoms with E-state index in [9.17, 15) is 0 Å². The van der Waals surface area contributed by atoms with Gasteiger partial charge >= 0.3 is 0 Å². The Hall–Kier alpha value is -4.56. The highest BCUT2D eigenvalue weighted by atomic mass is 32.1. The number of thiophene rings is 4. The molecule has 0 atom stereocenters. The molecule has 0 aromatic carbocycles. The van der Waals surface area contributed by atoms with E-state index in [1.807, 2.05) is 24.3 Å². The quantitative estimate of drug-likeness (QED) is 0.204. The predicted octanol–water partition coefficient (Wildman–Crippen LogP) is 7.64. The van der Waals surface area contributed by atoms with Crippen LogP contribution in [0.25, 0.3) is 51.0 Å². The Morgan fingerprint density at radius 2 is 1.03 bits per heavy atom. The number of aliphatic imine (C=N–C) groups is 2. The summed E-state index contributed by atoms with van der Waals surface area (Å²) in [5.41, 5.74) is 4.19. The summed E-state index contributed by atoms with van der Waals surface area (Å²) in [7, 11) is 4.12. The van der Waals surface area contributed by atoms with Crippen LogP contribution in [0.15, 0.2) is 46.4 Å². The minimum Gasteiger partial charge on any atom is -0.341 e. The molecular formula is C26H12N8S4. The predicted molar refractivity (Wildman–Crippen MR) is 156 cm³/mol. The SMILES string of the molecule is Cn1c(-c2ccc(N=C(C#N)C#N)s2)cc2sc3c(sc4cc(-c5ccc(N=C(C#N)C#N)s5)n(C)c43)c21. The summed E-state index contributed by atoms with van der Waals surface area (Å²) in [6.45, 7) is 0. The summed E-state index contributed by atoms with van der Waals surface area (Å²) in [4.78, 5) is 10.3. The third kappa shape index (κ3) is 3.64. The largest absolute Gasteiger partial charge is 0.341 e. The van der Waals surface area contributed by atoms with Crippen molar-refractivity contribution in [3.63, 3.8) is 0 Å². The van der Waals surface area contributed by atoms with Crippen LogP contribution in [-0.2, 0) is 14.1 Å². The van der Waals surface area contributed by atoms with Crippen molar-refractivity contribution < 1.29 is 0 Å². The number of nitrogens with zero attached hydrogens (tertiary/aromatic N) is 8. The third-order valence-corrected chi connectivity index (χ3v) is 10.4. The van der Waals surface area contributed by atoms with Gasteiger partial charge in [0.05, 0.1) is 51.0 Å². The Labute approximate surface area is 231 Å². The molecule has 180 valence electrons. The molecule has 6 rings (SSSR count). The van der Waals surface area contributed by atoms with E-state index in [0.29, 0.717) is 10.0 Å². The minimum absolute atomic E-state index is 0.154. The number of rotatable bonds is 4. The molecule has 0 aliphatic rings. The molecule has 0 saturated carbocycles. The van der Waals surface area contributed by atoms with Crippen LogP contribution in [0.5, 0.6) is 0 Å². The number of hydrogen-bond acceptors (Lipinski definition) is 10. The van der Waals surface area contributed by atoms with Crippen molar-refractivity contribution in [3.05, 3.63) is 36.4 Å². The molecule has 0 bridgehead atoms. The lowest BCUT2D eigenvalue weighted by Crippen LogP contribution is -1.89. The molecule has 0 saturated heterocycles. The van der Waals surface area contributed by atoms with Gasteiger partial charge in [0.2, 0.25) is 11.4 Å². The summed E-state index contributed by atoms with van der Waals surface area (Å²) < 4.78 is 9.25. The molecule has 12 heteroatoms. The van der Waals surface area contributed by atoms with Gasteiger partial charge in [0.15, 0.2) is 0 Å². The lowest BCUT2D eigenvalue weighted by atomic mass is 10.3. The standard InChI is InChI=1S/C26H12N8S4/c1-33-15(17-3-5-21(35-17)31-13(9-27)10-28)7-19-23(33)25-26(37-19)24-20(38-25)8-16(34(24)2)18-4-6-22(36-18)32-14(11-29)12-30/h3-8H,1-2H3. The van der Waals surface area contributed by atoms with Gasteiger partial charge in [-0.15, -0.1) is 45.3 Å². The van der Waals surface area contributed by atoms with Crippen LogP contribution in [0.2, 0.25) is 0 Å². The molecule has 0 radical (unpaired) electrons. The van der Waals surface area contributed by atoms with Crippen molar-refractivity contribution in [2.75, 3.05) is 0 Å². The molecule has 6 aromatic rings. The maximum atomic E-state index is 8.99. The fourth-order valence-corrected chi connectivity index (χ4v) is 9.12. The zero-order chi connectivity index (χ0) is 26.6. The summed E-state index contributed by atoms with van der Waals surface area (Å²) in [5.74, 6) is 0. The van der Waals surface area contributed by atoms with E-state index in [-0.39, 0.29) is 11.4 Å². The molecular weight excluding hydrogens is 553 g/mol. The number of nitriles is 4. The Bertz CT molecular complexity index is 1970. The molecule has 6 aromatic heterocycles. The van der Waals surface area contributed by atoms with E-state index in [0.717, 1.165) is 21.1 Å². The van der Waals surface area contributed by atoms with Crippen molar-refractivity contribution in [2.45, 2.75) is 0 Å². The summed E-state index contributed by atoms with van der Waals surface area (Å²) in [6.07, 6.45) is 0. The van der Waals surface area contributed by atoms with E-state index >= 15 is 0 Å². The first-order chi connectivity index (χ1) is 18.4. The fraction of sp³-hybridized carbons (Fsp3) is 0.0769. The van der Waals surface area contributed by atoms with Gasteiger partial charge in [0.1, 0.15) is 34.3 Å². The van der Waals surface area contributed by atoms with E-state index < -0.39 is 0 Å². The van der Waals surface area contributed by atoms with Gasteiger partial charge in [-0.25, -0.2) is 9.98 Å². The Balaban J connectivity index is 1.42. The molecule has 0 aliphatic heterocycles. The van der Waals surface area contributed by atoms with E-state index in [1.54, 1.807) is 47.0 Å². The lowest BCUT2D eigenvalue weighted by molar-refractivity contribution is 0.985. The number of fused-ring (bicyclic) bond motifs is 5. The van der Waals surface area contributed by atoms with Crippen LogP contribution < -0.4 is 0 Å². The highest BCUT2D eigenvalue weighted by molar-refractivity contribution is 7.36. The number of hydrogen-bond donors (Lipinski definition) is 0. The van der Waals surface area contributed by atoms with Gasteiger partial charge in [-0.3, -0.25) is 0 Å². The average Bonchev–Trinajstić information content (AvgIpc) is 3.74. The topological polar surface area (TPSA) is 130 Å². The molecule has 6 heterocycles. The summed E-state index contributed by atoms with van der Waals surface area (Å²) in [6, 6.07) is 19.2. The molecule has 0 spiro atoms. The van der Waals surface area contributed by atoms with Crippen LogP contribution in [-0.4, -0.2) is 20.6 Å². The second kappa shape index (κ2) is 9.08. The van der Waals surface area contributed by atoms with Gasteiger partial charge in [0.25, 0.3) is 0 Å². The van der Waals surface area contributed by atoms with Crippen molar-refractivity contribution in [3.8, 4) is 45.4 Å². The normalized spacial score (nSPS) is 10.8. The van der Waals surface area contributed by atoms with E-state index in [4.69, 9.17) is 21.0 Å². The first kappa shape index (κ1) is 23.8. The Morgan fingerprint density at radius 1 is 0.632 bits per heavy atom. The molecule has 8 nitrogen and oxygen atoms in total. The van der Waals surface area contributed by atoms with E-state index in [1.165, 1.54) is 52.5 Å². The average molecular weight is 565 g/mol. The van der Waals surface area contributed by atoms with Gasteiger partial charge in [0, 0.05) is 14.1 Å². The van der Waals surface area contributed by atoms with Crippen LogP contribution in [0, 0.1) is 45.3 Å². The maximum absolute atomic E-state index is 8.99. The number of aromatic nitrogens is 2. The van der Waals surface area contributed by atoms with Crippen molar-refractivity contribution in [1.82, 2.24) is 9.13 Å². The van der Waals surface area contributed by atoms with Crippen molar-refractivity contribution in [2.24, 2.45) is 24.1 Å². The fourth-order valence-electron chi connectivity index (χ4n) is 4.35. The second-order valence-electron chi connectivity index (χ2n) is 8.11. The molecule has 0 aliphatic carbocycles. The van der Waals surface area contributed by atoms with Gasteiger partial charge in [-0.1, -0.05) is 0 Å². The first-order valence-corrected chi connectivity index (χ1v) is 14.2. The number of aryl methyl sites for hydroxylation is 2. The zero-order valence-corrected chi connectivity index (χ0v) is 22.9. The maximum Gasteiger partial charge on any atom is 0.219 e. The van der Waals surface area contributed by atoms with E-state index in [2.05, 4.69) is 45.3 Å². The smallest absolute Gasteiger partial charge is 0.219 e. The highest BCUT2D eigenvalue weighted by Crippen LogP contribution is 2.49. The van der Waals surface area contributed by atoms with Crippen LogP contribution in [0.1, 0.15) is 0 Å². The van der Waals surface area contributed by atoms with Crippen LogP contribution in [0.4, 0.5) is 10.0 Å². The molecule has 0 amide bonds. The highest BCUT2D eigenvalue weighted by Gasteiger charge is 2.22. The molecule has 0 N–H and O–H groups in total. The third-order valence-electron chi connectivity index (χ3n) is 6.01. The minimum atomic E-state index is -0.154. The second-order valence-corrected chi connectivity index (χ2v) is 12.3. The Kier molecular flexibility index (Phi) is 5.69. The summed E-state index contributed by atoms with van der Waals surface area (Å²) >= 11 is 6.43. The van der Waals surface area contributed by atoms with Gasteiger partial charge in [-0.05, 0) is 36.4 Å². The van der Waals surface area contributed by atoms with Crippen LogP contribution in [0.3, 0.4) is 0 Å². The molecule has 0 fully saturated rings. The van der Waals surface area contributed by atoms with Crippen molar-refractivity contribution >= 4 is 96.6 Å². The molecule has 0 unspecified atom stereocenters. The van der Waals surface area contributed by atoms with Crippen molar-refractivity contribution in [1.29, 1.82) is 21.0 Å².